The lowest BCUT2D eigenvalue weighted by molar-refractivity contribution is 0.0995. The van der Waals surface area contributed by atoms with Crippen molar-refractivity contribution in [2.75, 3.05) is 29.9 Å². The largest absolute Gasteiger partial charge is 0.447 e. The number of amides is 2. The molecule has 2 fully saturated rings. The zero-order valence-electron chi connectivity index (χ0n) is 17.0. The highest BCUT2D eigenvalue weighted by molar-refractivity contribution is 6.05. The van der Waals surface area contributed by atoms with E-state index < -0.39 is 5.91 Å². The van der Waals surface area contributed by atoms with Gasteiger partial charge in [-0.3, -0.25) is 9.69 Å². The lowest BCUT2D eigenvalue weighted by Crippen LogP contribution is -2.23. The van der Waals surface area contributed by atoms with Gasteiger partial charge in [-0.15, -0.1) is 10.2 Å². The summed E-state index contributed by atoms with van der Waals surface area (Å²) in [4.78, 5) is 25.2. The lowest BCUT2D eigenvalue weighted by atomic mass is 10.0. The molecule has 5 rings (SSSR count). The van der Waals surface area contributed by atoms with Crippen LogP contribution in [0.4, 0.5) is 16.2 Å². The van der Waals surface area contributed by atoms with Gasteiger partial charge < -0.3 is 15.8 Å². The quantitative estimate of drug-likeness (QED) is 0.608. The third kappa shape index (κ3) is 3.88. The predicted molar refractivity (Wildman–Crippen MR) is 118 cm³/mol. The summed E-state index contributed by atoms with van der Waals surface area (Å²) >= 11 is 0. The number of nitrogens with zero attached hydrogens (tertiary/aromatic N) is 3. The normalized spacial score (nSPS) is 15.9. The van der Waals surface area contributed by atoms with E-state index in [2.05, 4.69) is 15.5 Å². The minimum absolute atomic E-state index is 0.165. The van der Waals surface area contributed by atoms with Crippen molar-refractivity contribution in [3.05, 3.63) is 48.2 Å². The van der Waals surface area contributed by atoms with Crippen LogP contribution in [0.15, 0.2) is 42.5 Å². The molecule has 31 heavy (non-hydrogen) atoms. The van der Waals surface area contributed by atoms with Crippen molar-refractivity contribution in [3.63, 3.8) is 0 Å². The van der Waals surface area contributed by atoms with Gasteiger partial charge in [-0.25, -0.2) is 4.79 Å². The molecule has 0 spiro atoms. The van der Waals surface area contributed by atoms with Crippen LogP contribution < -0.4 is 16.0 Å². The molecular formula is C23H23N5O3. The summed E-state index contributed by atoms with van der Waals surface area (Å²) in [6.45, 7) is 1.74. The van der Waals surface area contributed by atoms with E-state index in [1.54, 1.807) is 4.90 Å². The third-order valence-corrected chi connectivity index (χ3v) is 5.82. The Kier molecular flexibility index (Phi) is 4.89. The molecule has 158 valence electrons. The van der Waals surface area contributed by atoms with E-state index in [9.17, 15) is 9.59 Å². The Hall–Kier alpha value is -3.68. The molecule has 0 bridgehead atoms. The molecule has 8 heteroatoms. The first-order valence-corrected chi connectivity index (χ1v) is 10.5. The Balaban J connectivity index is 1.44. The average Bonchev–Trinajstić information content (AvgIpc) is 3.51. The van der Waals surface area contributed by atoms with E-state index in [4.69, 9.17) is 10.5 Å². The summed E-state index contributed by atoms with van der Waals surface area (Å²) in [5.41, 5.74) is 9.78. The molecule has 8 nitrogen and oxygen atoms in total. The van der Waals surface area contributed by atoms with Crippen molar-refractivity contribution in [2.45, 2.75) is 19.3 Å². The summed E-state index contributed by atoms with van der Waals surface area (Å²) in [5, 5.41) is 12.5. The Morgan fingerprint density at radius 1 is 1.13 bits per heavy atom. The number of primary amides is 1. The number of hydrogen-bond acceptors (Lipinski definition) is 6. The van der Waals surface area contributed by atoms with Crippen LogP contribution in [-0.2, 0) is 4.74 Å². The number of cyclic esters (lactones) is 1. The Labute approximate surface area is 179 Å². The summed E-state index contributed by atoms with van der Waals surface area (Å²) in [6, 6.07) is 13.6. The molecule has 2 aliphatic rings. The molecule has 1 aliphatic carbocycles. The summed E-state index contributed by atoms with van der Waals surface area (Å²) < 4.78 is 5.00. The molecule has 1 saturated heterocycles. The minimum atomic E-state index is -0.594. The number of ether oxygens (including phenoxy) is 1. The van der Waals surface area contributed by atoms with Gasteiger partial charge in [0.2, 0.25) is 0 Å². The number of nitrogens with two attached hydrogens (primary N) is 1. The van der Waals surface area contributed by atoms with Crippen molar-refractivity contribution in [1.29, 1.82) is 0 Å². The fraction of sp³-hybridized carbons (Fsp3) is 0.304. The topological polar surface area (TPSA) is 110 Å². The summed E-state index contributed by atoms with van der Waals surface area (Å²) in [5.74, 6) is 0.186. The second kappa shape index (κ2) is 7.86. The van der Waals surface area contributed by atoms with Crippen LogP contribution in [0, 0.1) is 5.92 Å². The maximum Gasteiger partial charge on any atom is 0.414 e. The van der Waals surface area contributed by atoms with Crippen LogP contribution in [0.2, 0.25) is 0 Å². The van der Waals surface area contributed by atoms with Crippen LogP contribution in [0.3, 0.4) is 0 Å². The van der Waals surface area contributed by atoms with Gasteiger partial charge in [0.1, 0.15) is 6.61 Å². The van der Waals surface area contributed by atoms with Gasteiger partial charge in [0.15, 0.2) is 5.69 Å². The number of anilines is 2. The van der Waals surface area contributed by atoms with E-state index in [-0.39, 0.29) is 11.8 Å². The molecule has 2 heterocycles. The van der Waals surface area contributed by atoms with E-state index in [1.807, 2.05) is 42.5 Å². The van der Waals surface area contributed by atoms with Crippen molar-refractivity contribution in [2.24, 2.45) is 11.7 Å². The Bertz CT molecular complexity index is 1160. The van der Waals surface area contributed by atoms with Gasteiger partial charge >= 0.3 is 6.09 Å². The second-order valence-corrected chi connectivity index (χ2v) is 7.99. The zero-order chi connectivity index (χ0) is 21.4. The highest BCUT2D eigenvalue weighted by atomic mass is 16.6. The number of benzene rings is 2. The first-order valence-electron chi connectivity index (χ1n) is 10.5. The molecule has 1 aromatic heterocycles. The number of aromatic nitrogens is 2. The molecule has 1 saturated carbocycles. The third-order valence-electron chi connectivity index (χ3n) is 5.82. The number of hydrogen-bond donors (Lipinski definition) is 2. The van der Waals surface area contributed by atoms with Crippen LogP contribution in [0.1, 0.15) is 29.8 Å². The summed E-state index contributed by atoms with van der Waals surface area (Å²) in [6.07, 6.45) is 3.30. The van der Waals surface area contributed by atoms with Crippen molar-refractivity contribution in [3.8, 4) is 11.1 Å². The van der Waals surface area contributed by atoms with Crippen molar-refractivity contribution >= 4 is 34.3 Å². The van der Waals surface area contributed by atoms with E-state index in [1.165, 1.54) is 12.8 Å². The highest BCUT2D eigenvalue weighted by Gasteiger charge is 2.24. The maximum absolute atomic E-state index is 11.9. The molecule has 0 unspecified atom stereocenters. The van der Waals surface area contributed by atoms with Gasteiger partial charge in [-0.1, -0.05) is 31.0 Å². The minimum Gasteiger partial charge on any atom is -0.447 e. The molecule has 0 radical (unpaired) electrons. The van der Waals surface area contributed by atoms with E-state index in [0.29, 0.717) is 24.4 Å². The molecular weight excluding hydrogens is 394 g/mol. The van der Waals surface area contributed by atoms with Crippen LogP contribution in [0.25, 0.3) is 22.0 Å². The number of carbonyl (C=O) groups excluding carboxylic acids is 2. The molecule has 2 aromatic carbocycles. The monoisotopic (exact) mass is 417 g/mol. The smallest absolute Gasteiger partial charge is 0.414 e. The maximum atomic E-state index is 11.9. The van der Waals surface area contributed by atoms with Gasteiger partial charge in [-0.05, 0) is 47.7 Å². The van der Waals surface area contributed by atoms with Crippen LogP contribution in [0.5, 0.6) is 0 Å². The molecule has 0 atom stereocenters. The number of carbonyl (C=O) groups is 2. The SMILES string of the molecule is NC(=O)c1nnc2cc(-c3ccc(N4CCOC4=O)cc3)ccc2c1NCCC1CC1. The molecule has 3 aromatic rings. The first-order chi connectivity index (χ1) is 15.1. The number of fused-ring (bicyclic) bond motifs is 1. The van der Waals surface area contributed by atoms with Gasteiger partial charge in [0.25, 0.3) is 5.91 Å². The molecule has 1 aliphatic heterocycles. The Morgan fingerprint density at radius 3 is 2.58 bits per heavy atom. The lowest BCUT2D eigenvalue weighted by Gasteiger charge is -2.14. The zero-order valence-corrected chi connectivity index (χ0v) is 17.0. The van der Waals surface area contributed by atoms with E-state index in [0.717, 1.165) is 41.1 Å². The summed E-state index contributed by atoms with van der Waals surface area (Å²) in [7, 11) is 0. The average molecular weight is 417 g/mol. The van der Waals surface area contributed by atoms with Crippen molar-refractivity contribution < 1.29 is 14.3 Å². The number of nitrogens with one attached hydrogen (secondary N) is 1. The number of rotatable bonds is 7. The Morgan fingerprint density at radius 2 is 1.90 bits per heavy atom. The van der Waals surface area contributed by atoms with Crippen molar-refractivity contribution in [1.82, 2.24) is 10.2 Å². The second-order valence-electron chi connectivity index (χ2n) is 7.99. The molecule has 3 N–H and O–H groups in total. The standard InChI is InChI=1S/C23H23N5O3/c24-22(29)21-20(25-10-9-14-1-2-14)18-8-5-16(13-19(18)26-27-21)15-3-6-17(7-4-15)28-11-12-31-23(28)30/h3-8,13-14H,1-2,9-12H2,(H2,24,29)(H,25,26). The highest BCUT2D eigenvalue weighted by Crippen LogP contribution is 2.33. The fourth-order valence-corrected chi connectivity index (χ4v) is 3.91. The fourth-order valence-electron chi connectivity index (χ4n) is 3.91. The van der Waals surface area contributed by atoms with Gasteiger partial charge in [0, 0.05) is 17.6 Å². The van der Waals surface area contributed by atoms with Gasteiger partial charge in [0.05, 0.1) is 17.7 Å². The molecule has 2 amide bonds. The van der Waals surface area contributed by atoms with Crippen LogP contribution in [-0.4, -0.2) is 41.9 Å². The first kappa shape index (κ1) is 19.3. The van der Waals surface area contributed by atoms with E-state index >= 15 is 0 Å². The van der Waals surface area contributed by atoms with Crippen LogP contribution >= 0.6 is 0 Å². The predicted octanol–water partition coefficient (Wildman–Crippen LogP) is 3.56. The van der Waals surface area contributed by atoms with Gasteiger partial charge in [-0.2, -0.15) is 0 Å².